The molecule has 0 aliphatic heterocycles. The van der Waals surface area contributed by atoms with Crippen LogP contribution in [0.25, 0.3) is 0 Å². The molecule has 0 spiro atoms. The maximum atomic E-state index is 6.29. The third kappa shape index (κ3) is 26.3. The number of hydrogen-bond acceptors (Lipinski definition) is 10. The smallest absolute Gasteiger partial charge is 0.188 e. The number of rotatable bonds is 28. The van der Waals surface area contributed by atoms with Crippen molar-refractivity contribution in [1.82, 2.24) is 0 Å². The monoisotopic (exact) mass is 1550 g/mol. The van der Waals surface area contributed by atoms with Crippen molar-refractivity contribution in [2.45, 2.75) is 200 Å². The summed E-state index contributed by atoms with van der Waals surface area (Å²) in [5, 5.41) is 13.7. The van der Waals surface area contributed by atoms with Gasteiger partial charge < -0.3 is 47.7 Å². The Morgan fingerprint density at radius 2 is 0.660 bits per heavy atom. The normalized spacial score (nSPS) is 12.2. The van der Waals surface area contributed by atoms with Crippen molar-refractivity contribution in [3.8, 4) is 23.0 Å². The number of ether oxygens (including phenoxy) is 8. The fraction of sp³-hybridized carbons (Fsp3) is 0.467. The van der Waals surface area contributed by atoms with E-state index in [-0.39, 0.29) is 59.3 Å². The van der Waals surface area contributed by atoms with Crippen LogP contribution in [0.2, 0.25) is 0 Å². The molecule has 580 valence electrons. The largest absolute Gasteiger partial charge is 0.467 e. The number of benzene rings is 8. The maximum Gasteiger partial charge on any atom is 0.188 e. The molecule has 0 aliphatic carbocycles. The Hall–Kier alpha value is -5.02. The van der Waals surface area contributed by atoms with Gasteiger partial charge >= 0.3 is 0 Å². The van der Waals surface area contributed by atoms with Crippen molar-refractivity contribution in [2.75, 3.05) is 92.1 Å². The highest BCUT2D eigenvalue weighted by molar-refractivity contribution is 7.68. The summed E-state index contributed by atoms with van der Waals surface area (Å²) in [7, 11) is 8.66. The second kappa shape index (κ2) is 43.0. The van der Waals surface area contributed by atoms with Gasteiger partial charge in [-0.25, -0.2) is 0 Å². The quantitative estimate of drug-likeness (QED) is 0.0349. The number of aryl methyl sites for hydroxylation is 6. The van der Waals surface area contributed by atoms with Gasteiger partial charge in [0, 0.05) is 101 Å². The zero-order valence-corrected chi connectivity index (χ0v) is 76.3. The van der Waals surface area contributed by atoms with Crippen LogP contribution in [-0.4, -0.2) is 106 Å². The summed E-state index contributed by atoms with van der Waals surface area (Å²) in [6.07, 6.45) is 0. The Labute approximate surface area is 652 Å². The lowest BCUT2D eigenvalue weighted by Crippen LogP contribution is -2.39. The van der Waals surface area contributed by atoms with E-state index < -0.39 is 0 Å². The second-order valence-electron chi connectivity index (χ2n) is 31.8. The Kier molecular flexibility index (Phi) is 37.1. The van der Waals surface area contributed by atoms with Gasteiger partial charge in [0.25, 0.3) is 0 Å². The molecule has 8 aromatic carbocycles. The van der Waals surface area contributed by atoms with E-state index in [2.05, 4.69) is 323 Å². The van der Waals surface area contributed by atoms with E-state index in [1.165, 1.54) is 109 Å². The van der Waals surface area contributed by atoms with Gasteiger partial charge in [0.1, 0.15) is 23.0 Å². The van der Waals surface area contributed by atoms with Gasteiger partial charge in [-0.3, -0.25) is 0 Å². The molecule has 4 unspecified atom stereocenters. The minimum atomic E-state index is -0.116. The van der Waals surface area contributed by atoms with Crippen molar-refractivity contribution >= 4 is 115 Å². The fourth-order valence-corrected chi connectivity index (χ4v) is 21.9. The van der Waals surface area contributed by atoms with Crippen LogP contribution < -0.4 is 81.8 Å². The van der Waals surface area contributed by atoms with E-state index in [4.69, 9.17) is 37.9 Å². The Morgan fingerprint density at radius 3 is 1.07 bits per heavy atom. The standard InChI is InChI=1S/C29H46NO2P.C26H40NO2P.C18H24O2P2.C17H22O2P2/c1-19(2)30(20(3)4)24-15-13-14-21(5)27(24)33-25-17-22(28(6,7)8)16-23(29(9,10)11)26(25)32-18-31-12;1-17(2)27(18(3)4)22-13-11-12-19(5)25(22)30-23-15-21(26(7,8)9)14-20(6)24(23)29-16-28-10;1-13-8-6-10-15(17(13)20-12-19-3)21-18-14(2)9-7-11-16(18)22(4)5;1-13-8-7-11-16(21(3)4)17(13)20-15-10-6-5-9-14(15)19-12-18-2/h13-17,19-20,33H,18H2,1-12H3;11-15,17-18,30H,16H2,1-10H3;6-11,21H,12H2,1-5H3;5-11,20H,12H2,1-4H3. The number of nitrogens with zero attached hydrogens (tertiary/aromatic N) is 2. The third-order valence-corrected chi connectivity index (χ3v) is 27.4. The van der Waals surface area contributed by atoms with Crippen LogP contribution in [0.1, 0.15) is 168 Å². The molecule has 16 heteroatoms. The highest BCUT2D eigenvalue weighted by Gasteiger charge is 2.29. The van der Waals surface area contributed by atoms with Crippen molar-refractivity contribution < 1.29 is 37.9 Å². The van der Waals surface area contributed by atoms with Crippen LogP contribution in [0.4, 0.5) is 11.4 Å². The average Bonchev–Trinajstić information content (AvgIpc) is 0.779. The van der Waals surface area contributed by atoms with Gasteiger partial charge in [0.05, 0.1) is 0 Å². The summed E-state index contributed by atoms with van der Waals surface area (Å²) >= 11 is 0. The number of para-hydroxylation sites is 2. The molecule has 0 radical (unpaired) electrons. The zero-order chi connectivity index (χ0) is 79.1. The van der Waals surface area contributed by atoms with Gasteiger partial charge in [0.15, 0.2) is 27.2 Å². The van der Waals surface area contributed by atoms with E-state index >= 15 is 0 Å². The lowest BCUT2D eigenvalue weighted by molar-refractivity contribution is 0.0505. The molecule has 4 atom stereocenters. The van der Waals surface area contributed by atoms with E-state index in [0.717, 1.165) is 28.6 Å². The summed E-state index contributed by atoms with van der Waals surface area (Å²) in [5.41, 5.74) is 14.4. The lowest BCUT2D eigenvalue weighted by atomic mass is 9.80. The summed E-state index contributed by atoms with van der Waals surface area (Å²) in [6, 6.07) is 52.2. The van der Waals surface area contributed by atoms with Crippen molar-refractivity contribution in [3.05, 3.63) is 190 Å². The van der Waals surface area contributed by atoms with Gasteiger partial charge in [-0.05, 0) is 236 Å². The molecule has 0 amide bonds. The Morgan fingerprint density at radius 1 is 0.330 bits per heavy atom. The van der Waals surface area contributed by atoms with E-state index in [1.807, 2.05) is 12.1 Å². The molecule has 106 heavy (non-hydrogen) atoms. The van der Waals surface area contributed by atoms with Crippen LogP contribution in [-0.2, 0) is 35.2 Å². The molecule has 0 heterocycles. The minimum absolute atomic E-state index is 0.0416. The van der Waals surface area contributed by atoms with E-state index in [9.17, 15) is 0 Å². The predicted octanol–water partition coefficient (Wildman–Crippen LogP) is 18.9. The molecule has 0 N–H and O–H groups in total. The minimum Gasteiger partial charge on any atom is -0.467 e. The number of anilines is 2. The number of hydrogen-bond donors (Lipinski definition) is 0. The van der Waals surface area contributed by atoms with Crippen molar-refractivity contribution in [2.24, 2.45) is 0 Å². The SMILES string of the molecule is COCOc1c(C)cc(C(C)(C)C)cc1Pc1c(C)cccc1N(C(C)C)C(C)C.COCOc1c(C)cccc1Pc1c(C)cccc1P(C)C.COCOc1c(Pc2c(C)cccc2N(C(C)C)C(C)C)cc(C(C)(C)C)cc1C(C)(C)C.COCOc1ccccc1Pc1c(C)cccc1P(C)C. The van der Waals surface area contributed by atoms with Gasteiger partial charge in [0.2, 0.25) is 0 Å². The van der Waals surface area contributed by atoms with E-state index in [0.29, 0.717) is 58.5 Å². The second-order valence-corrected chi connectivity index (χ2v) is 41.5. The van der Waals surface area contributed by atoms with Crippen molar-refractivity contribution in [3.63, 3.8) is 0 Å². The van der Waals surface area contributed by atoms with Crippen LogP contribution in [0.15, 0.2) is 140 Å². The molecule has 0 saturated carbocycles. The number of methoxy groups -OCH3 is 4. The van der Waals surface area contributed by atoms with Crippen LogP contribution in [0.5, 0.6) is 23.0 Å². The Bertz CT molecular complexity index is 4040. The molecule has 8 rings (SSSR count). The average molecular weight is 1560 g/mol. The van der Waals surface area contributed by atoms with Gasteiger partial charge in [-0.1, -0.05) is 222 Å². The first kappa shape index (κ1) is 91.6. The molecule has 0 fully saturated rings. The molecule has 10 nitrogen and oxygen atoms in total. The zero-order valence-electron chi connectivity index (χ0n) is 70.5. The van der Waals surface area contributed by atoms with Gasteiger partial charge in [-0.2, -0.15) is 0 Å². The maximum absolute atomic E-state index is 6.29. The van der Waals surface area contributed by atoms with Crippen molar-refractivity contribution in [1.29, 1.82) is 0 Å². The predicted molar refractivity (Wildman–Crippen MR) is 479 cm³/mol. The molecule has 0 aliphatic rings. The molecular weight excluding hydrogens is 1420 g/mol. The summed E-state index contributed by atoms with van der Waals surface area (Å²) in [5.74, 6) is 3.82. The highest BCUT2D eigenvalue weighted by Crippen LogP contribution is 2.40. The first-order valence-electron chi connectivity index (χ1n) is 37.2. The van der Waals surface area contributed by atoms with Crippen LogP contribution in [0, 0.1) is 41.5 Å². The van der Waals surface area contributed by atoms with E-state index in [1.54, 1.807) is 28.4 Å². The van der Waals surface area contributed by atoms with Crippen LogP contribution >= 0.6 is 50.2 Å². The first-order chi connectivity index (χ1) is 49.8. The topological polar surface area (TPSA) is 80.3 Å². The highest BCUT2D eigenvalue weighted by atomic mass is 31.1. The molecule has 0 aromatic heterocycles. The summed E-state index contributed by atoms with van der Waals surface area (Å²) < 4.78 is 44.5. The summed E-state index contributed by atoms with van der Waals surface area (Å²) in [4.78, 5) is 5.05. The molecular formula is C90H132N2O8P6. The van der Waals surface area contributed by atoms with Crippen LogP contribution in [0.3, 0.4) is 0 Å². The first-order valence-corrected chi connectivity index (χ1v) is 45.7. The molecule has 0 saturated heterocycles. The fourth-order valence-electron chi connectivity index (χ4n) is 12.8. The molecule has 8 aromatic rings. The molecule has 0 bridgehead atoms. The third-order valence-electron chi connectivity index (χ3n) is 18.1. The summed E-state index contributed by atoms with van der Waals surface area (Å²) in [6.45, 7) is 62.1. The lowest BCUT2D eigenvalue weighted by Gasteiger charge is -2.35. The Balaban J connectivity index is 0.000000258. The van der Waals surface area contributed by atoms with Gasteiger partial charge in [-0.15, -0.1) is 0 Å².